The zero-order valence-corrected chi connectivity index (χ0v) is 12.6. The van der Waals surface area contributed by atoms with E-state index >= 15 is 0 Å². The fourth-order valence-corrected chi connectivity index (χ4v) is 2.19. The maximum Gasteiger partial charge on any atom is 0.133 e. The van der Waals surface area contributed by atoms with Gasteiger partial charge in [-0.1, -0.05) is 12.1 Å². The first kappa shape index (κ1) is 13.1. The van der Waals surface area contributed by atoms with E-state index in [2.05, 4.69) is 27.6 Å². The maximum atomic E-state index is 5.98. The Morgan fingerprint density at radius 3 is 2.72 bits per heavy atom. The molecule has 0 unspecified atom stereocenters. The Hall–Kier alpha value is -1.30. The number of hydrogen-bond acceptors (Lipinski definition) is 3. The third kappa shape index (κ3) is 2.75. The molecule has 18 heavy (non-hydrogen) atoms. The molecule has 2 aromatic rings. The predicted octanol–water partition coefficient (Wildman–Crippen LogP) is 3.46. The maximum absolute atomic E-state index is 5.98. The first-order chi connectivity index (χ1) is 8.59. The first-order valence-electron chi connectivity index (χ1n) is 5.67. The Morgan fingerprint density at radius 2 is 2.00 bits per heavy atom. The van der Waals surface area contributed by atoms with Gasteiger partial charge in [0.1, 0.15) is 12.4 Å². The van der Waals surface area contributed by atoms with Crippen molar-refractivity contribution >= 4 is 28.3 Å². The van der Waals surface area contributed by atoms with Crippen molar-refractivity contribution < 1.29 is 4.74 Å². The summed E-state index contributed by atoms with van der Waals surface area (Å²) < 4.78 is 6.86. The third-order valence-electron chi connectivity index (χ3n) is 2.88. The van der Waals surface area contributed by atoms with E-state index in [9.17, 15) is 0 Å². The highest BCUT2D eigenvalue weighted by Gasteiger charge is 2.07. The highest BCUT2D eigenvalue weighted by atomic mass is 127. The second-order valence-electron chi connectivity index (χ2n) is 4.15. The topological polar surface area (TPSA) is 48.1 Å². The number of rotatable bonds is 3. The van der Waals surface area contributed by atoms with E-state index < -0.39 is 0 Å². The number of anilines is 1. The van der Waals surface area contributed by atoms with Crippen molar-refractivity contribution in [3.8, 4) is 5.75 Å². The summed E-state index contributed by atoms with van der Waals surface area (Å²) in [5.41, 5.74) is 9.67. The van der Waals surface area contributed by atoms with E-state index in [1.54, 1.807) is 6.20 Å². The molecule has 0 saturated heterocycles. The number of nitrogens with two attached hydrogens (primary N) is 1. The third-order valence-corrected chi connectivity index (χ3v) is 3.77. The summed E-state index contributed by atoms with van der Waals surface area (Å²) in [6.07, 6.45) is 1.79. The molecule has 0 aliphatic rings. The minimum absolute atomic E-state index is 0.441. The standard InChI is InChI=1S/C14H15IN2O/c1-9-7-17-12(10(2)14(9)16)8-18-13-6-4-3-5-11(13)15/h3-7H,8H2,1-2H3,(H2,16,17). The molecule has 2 N–H and O–H groups in total. The van der Waals surface area contributed by atoms with Gasteiger partial charge in [-0.05, 0) is 59.7 Å². The number of nitrogen functional groups attached to an aromatic ring is 1. The number of aryl methyl sites for hydroxylation is 1. The largest absolute Gasteiger partial charge is 0.486 e. The van der Waals surface area contributed by atoms with Gasteiger partial charge < -0.3 is 10.5 Å². The smallest absolute Gasteiger partial charge is 0.133 e. The van der Waals surface area contributed by atoms with Crippen LogP contribution in [0.1, 0.15) is 16.8 Å². The van der Waals surface area contributed by atoms with Crippen LogP contribution in [-0.2, 0) is 6.61 Å². The number of ether oxygens (including phenoxy) is 1. The van der Waals surface area contributed by atoms with E-state index in [1.807, 2.05) is 38.1 Å². The van der Waals surface area contributed by atoms with Crippen molar-refractivity contribution in [2.75, 3.05) is 5.73 Å². The van der Waals surface area contributed by atoms with Crippen LogP contribution in [0.4, 0.5) is 5.69 Å². The van der Waals surface area contributed by atoms with Gasteiger partial charge in [-0.25, -0.2) is 0 Å². The van der Waals surface area contributed by atoms with Crippen molar-refractivity contribution in [3.05, 3.63) is 50.9 Å². The molecule has 0 amide bonds. The van der Waals surface area contributed by atoms with Gasteiger partial charge in [0.25, 0.3) is 0 Å². The number of pyridine rings is 1. The fraction of sp³-hybridized carbons (Fsp3) is 0.214. The lowest BCUT2D eigenvalue weighted by molar-refractivity contribution is 0.298. The SMILES string of the molecule is Cc1cnc(COc2ccccc2I)c(C)c1N. The van der Waals surface area contributed by atoms with Gasteiger partial charge in [0, 0.05) is 11.9 Å². The molecule has 0 fully saturated rings. The predicted molar refractivity (Wildman–Crippen MR) is 81.6 cm³/mol. The van der Waals surface area contributed by atoms with E-state index in [0.717, 1.165) is 31.8 Å². The summed E-state index contributed by atoms with van der Waals surface area (Å²) in [6.45, 7) is 4.38. The van der Waals surface area contributed by atoms with E-state index in [0.29, 0.717) is 6.61 Å². The Labute approximate surface area is 121 Å². The summed E-state index contributed by atoms with van der Waals surface area (Å²) in [7, 11) is 0. The summed E-state index contributed by atoms with van der Waals surface area (Å²) in [5.74, 6) is 0.874. The minimum atomic E-state index is 0.441. The number of aromatic nitrogens is 1. The van der Waals surface area contributed by atoms with E-state index in [4.69, 9.17) is 10.5 Å². The first-order valence-corrected chi connectivity index (χ1v) is 6.75. The van der Waals surface area contributed by atoms with Crippen molar-refractivity contribution in [2.24, 2.45) is 0 Å². The van der Waals surface area contributed by atoms with Gasteiger partial charge in [-0.3, -0.25) is 4.98 Å². The highest BCUT2D eigenvalue weighted by Crippen LogP contribution is 2.23. The van der Waals surface area contributed by atoms with Crippen molar-refractivity contribution in [1.29, 1.82) is 0 Å². The Morgan fingerprint density at radius 1 is 1.28 bits per heavy atom. The molecular weight excluding hydrogens is 339 g/mol. The molecule has 0 bridgehead atoms. The van der Waals surface area contributed by atoms with Gasteiger partial charge in [-0.2, -0.15) is 0 Å². The van der Waals surface area contributed by atoms with Crippen molar-refractivity contribution in [2.45, 2.75) is 20.5 Å². The number of nitrogens with zero attached hydrogens (tertiary/aromatic N) is 1. The van der Waals surface area contributed by atoms with Gasteiger partial charge >= 0.3 is 0 Å². The molecular formula is C14H15IN2O. The van der Waals surface area contributed by atoms with Crippen LogP contribution in [0.2, 0.25) is 0 Å². The molecule has 0 aliphatic heterocycles. The second-order valence-corrected chi connectivity index (χ2v) is 5.31. The Bertz CT molecular complexity index is 570. The summed E-state index contributed by atoms with van der Waals surface area (Å²) >= 11 is 2.25. The van der Waals surface area contributed by atoms with Crippen LogP contribution in [0.3, 0.4) is 0 Å². The van der Waals surface area contributed by atoms with Gasteiger partial charge in [0.15, 0.2) is 0 Å². The number of para-hydroxylation sites is 1. The lowest BCUT2D eigenvalue weighted by atomic mass is 10.1. The average molecular weight is 354 g/mol. The Kier molecular flexibility index (Phi) is 4.06. The molecule has 2 rings (SSSR count). The van der Waals surface area contributed by atoms with E-state index in [-0.39, 0.29) is 0 Å². The monoisotopic (exact) mass is 354 g/mol. The molecule has 94 valence electrons. The van der Waals surface area contributed by atoms with Crippen LogP contribution in [0.15, 0.2) is 30.5 Å². The van der Waals surface area contributed by atoms with Gasteiger partial charge in [0.05, 0.1) is 9.26 Å². The molecule has 3 nitrogen and oxygen atoms in total. The summed E-state index contributed by atoms with van der Waals surface area (Å²) in [5, 5.41) is 0. The van der Waals surface area contributed by atoms with Crippen LogP contribution >= 0.6 is 22.6 Å². The molecule has 0 atom stereocenters. The van der Waals surface area contributed by atoms with Crippen molar-refractivity contribution in [1.82, 2.24) is 4.98 Å². The molecule has 1 heterocycles. The lowest BCUT2D eigenvalue weighted by Crippen LogP contribution is -2.05. The molecule has 0 saturated carbocycles. The number of halogens is 1. The summed E-state index contributed by atoms with van der Waals surface area (Å²) in [4.78, 5) is 4.38. The molecule has 0 radical (unpaired) electrons. The zero-order valence-electron chi connectivity index (χ0n) is 10.4. The fourth-order valence-electron chi connectivity index (χ4n) is 1.65. The van der Waals surface area contributed by atoms with Crippen molar-refractivity contribution in [3.63, 3.8) is 0 Å². The van der Waals surface area contributed by atoms with Gasteiger partial charge in [-0.15, -0.1) is 0 Å². The number of benzene rings is 1. The molecule has 4 heteroatoms. The van der Waals surface area contributed by atoms with Crippen LogP contribution in [0.5, 0.6) is 5.75 Å². The quantitative estimate of drug-likeness (QED) is 0.859. The molecule has 1 aromatic heterocycles. The van der Waals surface area contributed by atoms with Crippen LogP contribution < -0.4 is 10.5 Å². The normalized spacial score (nSPS) is 10.4. The minimum Gasteiger partial charge on any atom is -0.486 e. The average Bonchev–Trinajstić information content (AvgIpc) is 2.37. The van der Waals surface area contributed by atoms with Crippen LogP contribution in [0.25, 0.3) is 0 Å². The molecule has 1 aromatic carbocycles. The van der Waals surface area contributed by atoms with Crippen LogP contribution in [-0.4, -0.2) is 4.98 Å². The molecule has 0 aliphatic carbocycles. The Balaban J connectivity index is 2.17. The zero-order chi connectivity index (χ0) is 13.1. The van der Waals surface area contributed by atoms with E-state index in [1.165, 1.54) is 0 Å². The lowest BCUT2D eigenvalue weighted by Gasteiger charge is -2.12. The van der Waals surface area contributed by atoms with Crippen LogP contribution in [0, 0.1) is 17.4 Å². The highest BCUT2D eigenvalue weighted by molar-refractivity contribution is 14.1. The summed E-state index contributed by atoms with van der Waals surface area (Å²) in [6, 6.07) is 7.91. The second kappa shape index (κ2) is 5.56. The molecule has 0 spiro atoms. The number of hydrogen-bond donors (Lipinski definition) is 1. The van der Waals surface area contributed by atoms with Gasteiger partial charge in [0.2, 0.25) is 0 Å².